The van der Waals surface area contributed by atoms with Gasteiger partial charge < -0.3 is 30.3 Å². The van der Waals surface area contributed by atoms with Gasteiger partial charge in [-0.3, -0.25) is 0 Å². The molecule has 1 aliphatic heterocycles. The lowest BCUT2D eigenvalue weighted by molar-refractivity contribution is 0.252. The molecule has 1 aliphatic rings. The quantitative estimate of drug-likeness (QED) is 0.586. The second-order valence-corrected chi connectivity index (χ2v) is 6.73. The zero-order chi connectivity index (χ0) is 20.6. The normalized spacial score (nSPS) is 13.1. The van der Waals surface area contributed by atoms with Crippen LogP contribution >= 0.6 is 0 Å². The maximum absolute atomic E-state index is 12.2. The first kappa shape index (κ1) is 20.5. The van der Waals surface area contributed by atoms with Crippen molar-refractivity contribution < 1.29 is 14.3 Å². The Bertz CT molecular complexity index is 839. The highest BCUT2D eigenvalue weighted by molar-refractivity contribution is 5.91. The van der Waals surface area contributed by atoms with Crippen LogP contribution in [0, 0.1) is 6.92 Å². The van der Waals surface area contributed by atoms with Crippen molar-refractivity contribution in [2.75, 3.05) is 55.9 Å². The lowest BCUT2D eigenvalue weighted by atomic mass is 10.2. The summed E-state index contributed by atoms with van der Waals surface area (Å²) >= 11 is 0. The molecule has 0 saturated carbocycles. The minimum Gasteiger partial charge on any atom is -0.493 e. The third-order valence-corrected chi connectivity index (χ3v) is 4.62. The molecular formula is C20H28N6O3. The number of amides is 2. The molecule has 0 aliphatic carbocycles. The van der Waals surface area contributed by atoms with Crippen molar-refractivity contribution in [2.24, 2.45) is 0 Å². The largest absolute Gasteiger partial charge is 0.493 e. The molecule has 0 radical (unpaired) electrons. The lowest BCUT2D eigenvalue weighted by Gasteiger charge is -2.18. The van der Waals surface area contributed by atoms with E-state index in [1.807, 2.05) is 13.0 Å². The third-order valence-electron chi connectivity index (χ3n) is 4.62. The molecule has 2 amide bonds. The first-order valence-corrected chi connectivity index (χ1v) is 9.71. The summed E-state index contributed by atoms with van der Waals surface area (Å²) in [6.07, 6.45) is 2.39. The van der Waals surface area contributed by atoms with Gasteiger partial charge in [0.25, 0.3) is 0 Å². The van der Waals surface area contributed by atoms with Crippen LogP contribution in [0.1, 0.15) is 18.5 Å². The van der Waals surface area contributed by atoms with Crippen LogP contribution in [0.4, 0.5) is 22.2 Å². The average molecular weight is 400 g/mol. The molecule has 2 heterocycles. The molecule has 0 bridgehead atoms. The van der Waals surface area contributed by atoms with Gasteiger partial charge in [0, 0.05) is 37.9 Å². The van der Waals surface area contributed by atoms with E-state index in [0.717, 1.165) is 24.6 Å². The van der Waals surface area contributed by atoms with Crippen LogP contribution in [0.2, 0.25) is 0 Å². The number of nitrogens with zero attached hydrogens (tertiary/aromatic N) is 3. The average Bonchev–Trinajstić information content (AvgIpc) is 3.25. The number of ether oxygens (including phenoxy) is 2. The van der Waals surface area contributed by atoms with Crippen LogP contribution in [0.15, 0.2) is 24.3 Å². The van der Waals surface area contributed by atoms with Crippen molar-refractivity contribution >= 4 is 23.5 Å². The fourth-order valence-electron chi connectivity index (χ4n) is 3.24. The molecule has 0 unspecified atom stereocenters. The third kappa shape index (κ3) is 5.40. The summed E-state index contributed by atoms with van der Waals surface area (Å²) in [7, 11) is 3.08. The summed E-state index contributed by atoms with van der Waals surface area (Å²) in [4.78, 5) is 23.5. The SMILES string of the molecule is COc1cccc(NC(=O)NCCNc2nc(C)cc(N3CCCC3)n2)c1OC. The molecule has 1 fully saturated rings. The van der Waals surface area contributed by atoms with Gasteiger partial charge in [-0.15, -0.1) is 0 Å². The van der Waals surface area contributed by atoms with Crippen molar-refractivity contribution in [1.29, 1.82) is 0 Å². The maximum Gasteiger partial charge on any atom is 0.319 e. The summed E-state index contributed by atoms with van der Waals surface area (Å²) in [6.45, 7) is 4.94. The molecule has 2 aromatic rings. The molecule has 9 nitrogen and oxygen atoms in total. The minimum absolute atomic E-state index is 0.332. The van der Waals surface area contributed by atoms with E-state index in [9.17, 15) is 4.79 Å². The van der Waals surface area contributed by atoms with Crippen LogP contribution < -0.4 is 30.3 Å². The van der Waals surface area contributed by atoms with Crippen molar-refractivity contribution in [3.05, 3.63) is 30.0 Å². The fourth-order valence-corrected chi connectivity index (χ4v) is 3.24. The lowest BCUT2D eigenvalue weighted by Crippen LogP contribution is -2.33. The number of hydrogen-bond acceptors (Lipinski definition) is 7. The second-order valence-electron chi connectivity index (χ2n) is 6.73. The number of nitrogens with one attached hydrogen (secondary N) is 3. The first-order chi connectivity index (χ1) is 14.1. The molecule has 1 saturated heterocycles. The number of rotatable bonds is 8. The van der Waals surface area contributed by atoms with Gasteiger partial charge in [0.2, 0.25) is 5.95 Å². The molecule has 0 atom stereocenters. The number of aromatic nitrogens is 2. The Hall–Kier alpha value is -3.23. The molecular weight excluding hydrogens is 372 g/mol. The summed E-state index contributed by atoms with van der Waals surface area (Å²) < 4.78 is 10.6. The Morgan fingerprint density at radius 2 is 1.93 bits per heavy atom. The number of carbonyl (C=O) groups excluding carboxylic acids is 1. The van der Waals surface area contributed by atoms with Gasteiger partial charge >= 0.3 is 6.03 Å². The standard InChI is InChI=1S/C20H28N6O3/c1-14-13-17(26-11-4-5-12-26)25-19(23-14)21-9-10-22-20(27)24-15-7-6-8-16(28-2)18(15)29-3/h6-8,13H,4-5,9-12H2,1-3H3,(H,21,23,25)(H2,22,24,27). The molecule has 3 N–H and O–H groups in total. The van der Waals surface area contributed by atoms with E-state index in [1.165, 1.54) is 20.0 Å². The Morgan fingerprint density at radius 3 is 2.66 bits per heavy atom. The monoisotopic (exact) mass is 400 g/mol. The number of carbonyl (C=O) groups is 1. The van der Waals surface area contributed by atoms with Crippen LogP contribution in [0.5, 0.6) is 11.5 Å². The van der Waals surface area contributed by atoms with Gasteiger partial charge in [-0.2, -0.15) is 4.98 Å². The molecule has 9 heteroatoms. The van der Waals surface area contributed by atoms with Crippen LogP contribution in [-0.2, 0) is 0 Å². The van der Waals surface area contributed by atoms with E-state index in [-0.39, 0.29) is 6.03 Å². The van der Waals surface area contributed by atoms with Crippen molar-refractivity contribution in [3.8, 4) is 11.5 Å². The highest BCUT2D eigenvalue weighted by Gasteiger charge is 2.15. The molecule has 3 rings (SSSR count). The number of para-hydroxylation sites is 1. The Balaban J connectivity index is 1.49. The van der Waals surface area contributed by atoms with E-state index in [2.05, 4.69) is 30.8 Å². The van der Waals surface area contributed by atoms with E-state index in [0.29, 0.717) is 36.2 Å². The van der Waals surface area contributed by atoms with Gasteiger partial charge in [0.15, 0.2) is 11.5 Å². The summed E-state index contributed by atoms with van der Waals surface area (Å²) in [5, 5.41) is 8.74. The maximum atomic E-state index is 12.2. The zero-order valence-corrected chi connectivity index (χ0v) is 17.1. The van der Waals surface area contributed by atoms with Crippen LogP contribution in [0.3, 0.4) is 0 Å². The predicted molar refractivity (Wildman–Crippen MR) is 113 cm³/mol. The summed E-state index contributed by atoms with van der Waals surface area (Å²) in [5.74, 6) is 2.56. The summed E-state index contributed by atoms with van der Waals surface area (Å²) in [6, 6.07) is 6.97. The van der Waals surface area contributed by atoms with Gasteiger partial charge in [-0.05, 0) is 31.9 Å². The highest BCUT2D eigenvalue weighted by atomic mass is 16.5. The number of methoxy groups -OCH3 is 2. The predicted octanol–water partition coefficient (Wildman–Crippen LogP) is 2.64. The van der Waals surface area contributed by atoms with Gasteiger partial charge in [-0.1, -0.05) is 6.07 Å². The number of aryl methyl sites for hydroxylation is 1. The van der Waals surface area contributed by atoms with Gasteiger partial charge in [0.1, 0.15) is 5.82 Å². The molecule has 29 heavy (non-hydrogen) atoms. The minimum atomic E-state index is -0.332. The van der Waals surface area contributed by atoms with Crippen molar-refractivity contribution in [3.63, 3.8) is 0 Å². The number of hydrogen-bond donors (Lipinski definition) is 3. The van der Waals surface area contributed by atoms with Crippen molar-refractivity contribution in [1.82, 2.24) is 15.3 Å². The Labute approximate surface area is 170 Å². The Kier molecular flexibility index (Phi) is 6.94. The molecule has 1 aromatic carbocycles. The zero-order valence-electron chi connectivity index (χ0n) is 17.1. The molecule has 0 spiro atoms. The summed E-state index contributed by atoms with van der Waals surface area (Å²) in [5.41, 5.74) is 1.45. The number of anilines is 3. The number of benzene rings is 1. The number of urea groups is 1. The topological polar surface area (TPSA) is 101 Å². The van der Waals surface area contributed by atoms with Crippen LogP contribution in [-0.4, -0.2) is 56.4 Å². The van der Waals surface area contributed by atoms with E-state index in [1.54, 1.807) is 25.3 Å². The van der Waals surface area contributed by atoms with E-state index >= 15 is 0 Å². The van der Waals surface area contributed by atoms with E-state index < -0.39 is 0 Å². The highest BCUT2D eigenvalue weighted by Crippen LogP contribution is 2.34. The second kappa shape index (κ2) is 9.81. The van der Waals surface area contributed by atoms with Crippen molar-refractivity contribution in [2.45, 2.75) is 19.8 Å². The van der Waals surface area contributed by atoms with Gasteiger partial charge in [-0.25, -0.2) is 9.78 Å². The van der Waals surface area contributed by atoms with Gasteiger partial charge in [0.05, 0.1) is 19.9 Å². The molecule has 1 aromatic heterocycles. The van der Waals surface area contributed by atoms with E-state index in [4.69, 9.17) is 9.47 Å². The van der Waals surface area contributed by atoms with Crippen LogP contribution in [0.25, 0.3) is 0 Å². The smallest absolute Gasteiger partial charge is 0.319 e. The first-order valence-electron chi connectivity index (χ1n) is 9.71. The fraction of sp³-hybridized carbons (Fsp3) is 0.450. The molecule has 156 valence electrons. The Morgan fingerprint density at radius 1 is 1.14 bits per heavy atom.